The number of aromatic nitrogens is 1. The van der Waals surface area contributed by atoms with Gasteiger partial charge in [0.15, 0.2) is 0 Å². The number of methoxy groups -OCH3 is 1. The molecule has 0 aliphatic heterocycles. The minimum absolute atomic E-state index is 0.0790. The average Bonchev–Trinajstić information content (AvgIpc) is 2.79. The number of nitro benzene ring substituents is 1. The number of esters is 1. The molecule has 2 rings (SSSR count). The van der Waals surface area contributed by atoms with E-state index in [-0.39, 0.29) is 17.9 Å². The molecular weight excluding hydrogens is 292 g/mol. The van der Waals surface area contributed by atoms with Gasteiger partial charge in [-0.2, -0.15) is 0 Å². The van der Waals surface area contributed by atoms with E-state index in [1.165, 1.54) is 25.3 Å². The SMILES string of the molecule is COc1ccc(OC(=O)Cc2c(C)noc2C)c([N+](=O)[O-])c1. The molecule has 2 aromatic rings. The third kappa shape index (κ3) is 3.22. The summed E-state index contributed by atoms with van der Waals surface area (Å²) in [6, 6.07) is 3.99. The molecule has 0 fully saturated rings. The zero-order valence-electron chi connectivity index (χ0n) is 12.3. The van der Waals surface area contributed by atoms with Gasteiger partial charge < -0.3 is 14.0 Å². The molecule has 0 aliphatic rings. The fourth-order valence-electron chi connectivity index (χ4n) is 1.91. The molecule has 0 radical (unpaired) electrons. The Hall–Kier alpha value is -2.90. The summed E-state index contributed by atoms with van der Waals surface area (Å²) in [5.74, 6) is 0.0427. The molecule has 0 N–H and O–H groups in total. The van der Waals surface area contributed by atoms with Gasteiger partial charge in [0.05, 0.1) is 30.2 Å². The van der Waals surface area contributed by atoms with Crippen LogP contribution in [-0.2, 0) is 11.2 Å². The number of aryl methyl sites for hydroxylation is 2. The zero-order valence-corrected chi connectivity index (χ0v) is 12.3. The van der Waals surface area contributed by atoms with Gasteiger partial charge >= 0.3 is 11.7 Å². The maximum atomic E-state index is 12.0. The number of hydrogen-bond donors (Lipinski definition) is 0. The van der Waals surface area contributed by atoms with Crippen molar-refractivity contribution in [2.24, 2.45) is 0 Å². The number of carbonyl (C=O) groups excluding carboxylic acids is 1. The van der Waals surface area contributed by atoms with E-state index in [0.29, 0.717) is 22.8 Å². The van der Waals surface area contributed by atoms with Crippen LogP contribution in [0.1, 0.15) is 17.0 Å². The Morgan fingerprint density at radius 3 is 2.68 bits per heavy atom. The first-order valence-electron chi connectivity index (χ1n) is 6.37. The van der Waals surface area contributed by atoms with Gasteiger partial charge in [0, 0.05) is 5.56 Å². The molecule has 116 valence electrons. The molecular formula is C14H14N2O6. The van der Waals surface area contributed by atoms with Gasteiger partial charge in [0.25, 0.3) is 0 Å². The summed E-state index contributed by atoms with van der Waals surface area (Å²) in [4.78, 5) is 22.4. The summed E-state index contributed by atoms with van der Waals surface area (Å²) in [6.07, 6.45) is -0.0790. The van der Waals surface area contributed by atoms with Crippen molar-refractivity contribution in [1.82, 2.24) is 5.16 Å². The Balaban J connectivity index is 2.20. The third-order valence-corrected chi connectivity index (χ3v) is 3.09. The van der Waals surface area contributed by atoms with Gasteiger partial charge in [-0.3, -0.25) is 14.9 Å². The van der Waals surface area contributed by atoms with Gasteiger partial charge in [-0.25, -0.2) is 0 Å². The van der Waals surface area contributed by atoms with Gasteiger partial charge in [0.1, 0.15) is 11.5 Å². The van der Waals surface area contributed by atoms with Crippen molar-refractivity contribution in [3.8, 4) is 11.5 Å². The van der Waals surface area contributed by atoms with E-state index >= 15 is 0 Å². The molecule has 8 nitrogen and oxygen atoms in total. The van der Waals surface area contributed by atoms with Crippen molar-refractivity contribution < 1.29 is 23.7 Å². The van der Waals surface area contributed by atoms with Crippen molar-refractivity contribution in [2.75, 3.05) is 7.11 Å². The van der Waals surface area contributed by atoms with Crippen LogP contribution in [0.25, 0.3) is 0 Å². The summed E-state index contributed by atoms with van der Waals surface area (Å²) >= 11 is 0. The number of hydrogen-bond acceptors (Lipinski definition) is 7. The molecule has 1 aromatic heterocycles. The summed E-state index contributed by atoms with van der Waals surface area (Å²) in [7, 11) is 1.39. The predicted molar refractivity (Wildman–Crippen MR) is 75.0 cm³/mol. The van der Waals surface area contributed by atoms with Crippen molar-refractivity contribution in [3.63, 3.8) is 0 Å². The highest BCUT2D eigenvalue weighted by Crippen LogP contribution is 2.31. The number of rotatable bonds is 5. The summed E-state index contributed by atoms with van der Waals surface area (Å²) in [5, 5.41) is 14.8. The molecule has 0 spiro atoms. The maximum Gasteiger partial charge on any atom is 0.316 e. The topological polar surface area (TPSA) is 105 Å². The second kappa shape index (κ2) is 6.25. The Bertz CT molecular complexity index is 703. The van der Waals surface area contributed by atoms with Gasteiger partial charge in [-0.15, -0.1) is 0 Å². The molecule has 22 heavy (non-hydrogen) atoms. The number of carbonyl (C=O) groups is 1. The Kier molecular flexibility index (Phi) is 4.40. The van der Waals surface area contributed by atoms with E-state index in [9.17, 15) is 14.9 Å². The monoisotopic (exact) mass is 306 g/mol. The highest BCUT2D eigenvalue weighted by atomic mass is 16.6. The van der Waals surface area contributed by atoms with Crippen LogP contribution in [0.3, 0.4) is 0 Å². The van der Waals surface area contributed by atoms with Crippen LogP contribution in [0.4, 0.5) is 5.69 Å². The maximum absolute atomic E-state index is 12.0. The molecule has 0 bridgehead atoms. The van der Waals surface area contributed by atoms with E-state index < -0.39 is 10.9 Å². The molecule has 1 heterocycles. The van der Waals surface area contributed by atoms with Crippen LogP contribution in [0, 0.1) is 24.0 Å². The summed E-state index contributed by atoms with van der Waals surface area (Å²) in [6.45, 7) is 3.38. The molecule has 0 saturated carbocycles. The molecule has 0 atom stereocenters. The molecule has 0 saturated heterocycles. The van der Waals surface area contributed by atoms with Crippen LogP contribution in [0.2, 0.25) is 0 Å². The quantitative estimate of drug-likeness (QED) is 0.361. The Labute approximate surface area is 125 Å². The van der Waals surface area contributed by atoms with E-state index in [1.54, 1.807) is 13.8 Å². The third-order valence-electron chi connectivity index (χ3n) is 3.09. The minimum atomic E-state index is -0.638. The highest BCUT2D eigenvalue weighted by Gasteiger charge is 2.21. The average molecular weight is 306 g/mol. The molecule has 0 aliphatic carbocycles. The normalized spacial score (nSPS) is 10.3. The largest absolute Gasteiger partial charge is 0.496 e. The number of benzene rings is 1. The number of nitrogens with zero attached hydrogens (tertiary/aromatic N) is 2. The lowest BCUT2D eigenvalue weighted by molar-refractivity contribution is -0.385. The first-order chi connectivity index (χ1) is 10.4. The molecule has 0 unspecified atom stereocenters. The van der Waals surface area contributed by atoms with Crippen LogP contribution >= 0.6 is 0 Å². The van der Waals surface area contributed by atoms with Crippen LogP contribution < -0.4 is 9.47 Å². The first-order valence-corrected chi connectivity index (χ1v) is 6.37. The van der Waals surface area contributed by atoms with Crippen LogP contribution in [-0.4, -0.2) is 23.2 Å². The molecule has 8 heteroatoms. The van der Waals surface area contributed by atoms with Crippen LogP contribution in [0.15, 0.2) is 22.7 Å². The smallest absolute Gasteiger partial charge is 0.316 e. The van der Waals surface area contributed by atoms with Crippen LogP contribution in [0.5, 0.6) is 11.5 Å². The van der Waals surface area contributed by atoms with E-state index in [0.717, 1.165) is 0 Å². The Morgan fingerprint density at radius 1 is 1.41 bits per heavy atom. The number of ether oxygens (including phenoxy) is 2. The lowest BCUT2D eigenvalue weighted by Crippen LogP contribution is -2.13. The lowest BCUT2D eigenvalue weighted by Gasteiger charge is -2.06. The molecule has 0 amide bonds. The van der Waals surface area contributed by atoms with Crippen molar-refractivity contribution in [2.45, 2.75) is 20.3 Å². The number of nitro groups is 1. The highest BCUT2D eigenvalue weighted by molar-refractivity contribution is 5.77. The second-order valence-electron chi connectivity index (χ2n) is 4.54. The van der Waals surface area contributed by atoms with Gasteiger partial charge in [0.2, 0.25) is 5.75 Å². The van der Waals surface area contributed by atoms with E-state index in [1.807, 2.05) is 0 Å². The van der Waals surface area contributed by atoms with Gasteiger partial charge in [-0.1, -0.05) is 5.16 Å². The zero-order chi connectivity index (χ0) is 16.3. The fourth-order valence-corrected chi connectivity index (χ4v) is 1.91. The fraction of sp³-hybridized carbons (Fsp3) is 0.286. The van der Waals surface area contributed by atoms with E-state index in [2.05, 4.69) is 5.16 Å². The predicted octanol–water partition coefficient (Wildman–Crippen LogP) is 2.36. The van der Waals surface area contributed by atoms with Crippen molar-refractivity contribution >= 4 is 11.7 Å². The van der Waals surface area contributed by atoms with Gasteiger partial charge in [-0.05, 0) is 26.0 Å². The lowest BCUT2D eigenvalue weighted by atomic mass is 10.1. The summed E-state index contributed by atoms with van der Waals surface area (Å²) < 4.78 is 15.0. The first kappa shape index (κ1) is 15.5. The summed E-state index contributed by atoms with van der Waals surface area (Å²) in [5.41, 5.74) is 0.853. The van der Waals surface area contributed by atoms with Crippen molar-refractivity contribution in [1.29, 1.82) is 0 Å². The van der Waals surface area contributed by atoms with Crippen molar-refractivity contribution in [3.05, 3.63) is 45.3 Å². The second-order valence-corrected chi connectivity index (χ2v) is 4.54. The molecule has 1 aromatic carbocycles. The Morgan fingerprint density at radius 2 is 2.14 bits per heavy atom. The standard InChI is InChI=1S/C14H14N2O6/c1-8-11(9(2)22-15-8)7-14(17)21-13-5-4-10(20-3)6-12(13)16(18)19/h4-6H,7H2,1-3H3. The minimum Gasteiger partial charge on any atom is -0.496 e. The van der Waals surface area contributed by atoms with E-state index in [4.69, 9.17) is 14.0 Å².